The minimum atomic E-state index is 0.328. The summed E-state index contributed by atoms with van der Waals surface area (Å²) in [6, 6.07) is 0. The Kier molecular flexibility index (Phi) is 6.18. The Morgan fingerprint density at radius 1 is 1.33 bits per heavy atom. The molecule has 1 aromatic heterocycles. The Morgan fingerprint density at radius 3 is 2.33 bits per heavy atom. The number of nitrogens with one attached hydrogen (secondary N) is 1. The van der Waals surface area contributed by atoms with Gasteiger partial charge in [-0.2, -0.15) is 0 Å². The highest BCUT2D eigenvalue weighted by Crippen LogP contribution is 2.18. The molecule has 0 aliphatic rings. The zero-order valence-corrected chi connectivity index (χ0v) is 9.91. The highest BCUT2D eigenvalue weighted by Gasteiger charge is 2.09. The first-order valence-electron chi connectivity index (χ1n) is 5.18. The molecule has 0 aliphatic heterocycles. The Labute approximate surface area is 91.8 Å². The second kappa shape index (κ2) is 6.87. The van der Waals surface area contributed by atoms with Crippen LogP contribution in [0.1, 0.15) is 50.6 Å². The van der Waals surface area contributed by atoms with Crippen molar-refractivity contribution in [3.63, 3.8) is 0 Å². The third-order valence-corrected chi connectivity index (χ3v) is 1.83. The minimum Gasteiger partial charge on any atom is -0.306 e. The molecule has 0 atom stereocenters. The predicted molar refractivity (Wildman–Crippen MR) is 65.4 cm³/mol. The van der Waals surface area contributed by atoms with Crippen LogP contribution in [-0.2, 0) is 0 Å². The fourth-order valence-electron chi connectivity index (χ4n) is 1.21. The zero-order valence-electron chi connectivity index (χ0n) is 9.91. The molecule has 0 unspecified atom stereocenters. The lowest BCUT2D eigenvalue weighted by Crippen LogP contribution is -2.02. The van der Waals surface area contributed by atoms with Gasteiger partial charge in [0.15, 0.2) is 0 Å². The molecular weight excluding hydrogens is 186 g/mol. The van der Waals surface area contributed by atoms with Crippen LogP contribution in [0.5, 0.6) is 0 Å². The first-order chi connectivity index (χ1) is 7.20. The zero-order chi connectivity index (χ0) is 11.8. The summed E-state index contributed by atoms with van der Waals surface area (Å²) in [6.45, 7) is 11.8. The Bertz CT molecular complexity index is 330. The maximum Gasteiger partial charge on any atom is 0.116 e. The van der Waals surface area contributed by atoms with Gasteiger partial charge in [-0.05, 0) is 5.92 Å². The van der Waals surface area contributed by atoms with Crippen molar-refractivity contribution in [3.8, 4) is 0 Å². The number of hydrogen-bond donors (Lipinski definition) is 1. The summed E-state index contributed by atoms with van der Waals surface area (Å²) in [5.41, 5.74) is 2.45. The standard InChI is InChI=1S/C10H13N3.C2H6/c1-4-8-9(5-11)12-6-13-10(8)7(2)3;1-2/h4-7,11H,1H2,2-3H3;1-2H3. The summed E-state index contributed by atoms with van der Waals surface area (Å²) >= 11 is 0. The molecular formula is C12H19N3. The molecule has 0 bridgehead atoms. The summed E-state index contributed by atoms with van der Waals surface area (Å²) in [4.78, 5) is 8.16. The van der Waals surface area contributed by atoms with Gasteiger partial charge in [-0.1, -0.05) is 40.3 Å². The van der Waals surface area contributed by atoms with Gasteiger partial charge in [0.25, 0.3) is 0 Å². The van der Waals surface area contributed by atoms with Gasteiger partial charge in [-0.3, -0.25) is 0 Å². The number of hydrogen-bond acceptors (Lipinski definition) is 3. The SMILES string of the molecule is C=Cc1c(C=N)ncnc1C(C)C.CC. The molecule has 3 nitrogen and oxygen atoms in total. The maximum atomic E-state index is 7.16. The second-order valence-corrected chi connectivity index (χ2v) is 3.06. The van der Waals surface area contributed by atoms with Crippen molar-refractivity contribution in [2.24, 2.45) is 0 Å². The van der Waals surface area contributed by atoms with Crippen molar-refractivity contribution in [2.75, 3.05) is 0 Å². The lowest BCUT2D eigenvalue weighted by atomic mass is 10.0. The van der Waals surface area contributed by atoms with E-state index in [2.05, 4.69) is 30.4 Å². The average molecular weight is 205 g/mol. The van der Waals surface area contributed by atoms with E-state index < -0.39 is 0 Å². The molecule has 3 heteroatoms. The van der Waals surface area contributed by atoms with E-state index in [1.807, 2.05) is 13.8 Å². The van der Waals surface area contributed by atoms with Crippen LogP contribution in [0.25, 0.3) is 6.08 Å². The molecule has 1 aromatic rings. The lowest BCUT2D eigenvalue weighted by molar-refractivity contribution is 0.809. The fourth-order valence-corrected chi connectivity index (χ4v) is 1.21. The van der Waals surface area contributed by atoms with Crippen LogP contribution in [0.15, 0.2) is 12.9 Å². The summed E-state index contributed by atoms with van der Waals surface area (Å²) < 4.78 is 0. The summed E-state index contributed by atoms with van der Waals surface area (Å²) in [5.74, 6) is 0.328. The van der Waals surface area contributed by atoms with Gasteiger partial charge in [0, 0.05) is 11.8 Å². The summed E-state index contributed by atoms with van der Waals surface area (Å²) in [5, 5.41) is 7.16. The molecule has 0 fully saturated rings. The molecule has 0 radical (unpaired) electrons. The number of rotatable bonds is 3. The minimum absolute atomic E-state index is 0.328. The molecule has 15 heavy (non-hydrogen) atoms. The van der Waals surface area contributed by atoms with E-state index in [-0.39, 0.29) is 0 Å². The van der Waals surface area contributed by atoms with Crippen LogP contribution in [0.3, 0.4) is 0 Å². The maximum absolute atomic E-state index is 7.16. The Balaban J connectivity index is 0.000000921. The molecule has 1 N–H and O–H groups in total. The van der Waals surface area contributed by atoms with Crippen molar-refractivity contribution in [1.29, 1.82) is 5.41 Å². The van der Waals surface area contributed by atoms with Gasteiger partial charge >= 0.3 is 0 Å². The van der Waals surface area contributed by atoms with Crippen LogP contribution < -0.4 is 0 Å². The van der Waals surface area contributed by atoms with Crippen LogP contribution in [0.2, 0.25) is 0 Å². The Morgan fingerprint density at radius 2 is 1.93 bits per heavy atom. The van der Waals surface area contributed by atoms with Crippen LogP contribution in [0, 0.1) is 5.41 Å². The molecule has 1 heterocycles. The van der Waals surface area contributed by atoms with Gasteiger partial charge in [-0.15, -0.1) is 0 Å². The van der Waals surface area contributed by atoms with E-state index in [4.69, 9.17) is 5.41 Å². The van der Waals surface area contributed by atoms with Crippen molar-refractivity contribution in [3.05, 3.63) is 29.9 Å². The van der Waals surface area contributed by atoms with E-state index in [9.17, 15) is 0 Å². The van der Waals surface area contributed by atoms with Gasteiger partial charge in [0.05, 0.1) is 11.4 Å². The topological polar surface area (TPSA) is 49.6 Å². The van der Waals surface area contributed by atoms with Gasteiger partial charge in [0.1, 0.15) is 6.33 Å². The highest BCUT2D eigenvalue weighted by molar-refractivity contribution is 5.81. The van der Waals surface area contributed by atoms with Crippen LogP contribution >= 0.6 is 0 Å². The normalized spacial score (nSPS) is 9.13. The summed E-state index contributed by atoms with van der Waals surface area (Å²) in [6.07, 6.45) is 4.42. The number of aromatic nitrogens is 2. The fraction of sp³-hybridized carbons (Fsp3) is 0.417. The lowest BCUT2D eigenvalue weighted by Gasteiger charge is -2.09. The quantitative estimate of drug-likeness (QED) is 0.770. The molecule has 0 aromatic carbocycles. The second-order valence-electron chi connectivity index (χ2n) is 3.06. The molecule has 82 valence electrons. The van der Waals surface area contributed by atoms with Crippen molar-refractivity contribution < 1.29 is 0 Å². The molecule has 0 saturated carbocycles. The third-order valence-electron chi connectivity index (χ3n) is 1.83. The first kappa shape index (κ1) is 13.5. The molecule has 0 aliphatic carbocycles. The van der Waals surface area contributed by atoms with Gasteiger partial charge in [-0.25, -0.2) is 9.97 Å². The van der Waals surface area contributed by atoms with Crippen LogP contribution in [0.4, 0.5) is 0 Å². The molecule has 0 saturated heterocycles. The van der Waals surface area contributed by atoms with Crippen LogP contribution in [-0.4, -0.2) is 16.2 Å². The van der Waals surface area contributed by atoms with E-state index in [0.717, 1.165) is 11.3 Å². The van der Waals surface area contributed by atoms with Crippen molar-refractivity contribution >= 4 is 12.3 Å². The molecule has 1 rings (SSSR count). The van der Waals surface area contributed by atoms with Crippen molar-refractivity contribution in [1.82, 2.24) is 9.97 Å². The third kappa shape index (κ3) is 3.27. The van der Waals surface area contributed by atoms with E-state index in [1.54, 1.807) is 6.08 Å². The highest BCUT2D eigenvalue weighted by atomic mass is 14.8. The monoisotopic (exact) mass is 205 g/mol. The average Bonchev–Trinajstić information content (AvgIpc) is 2.30. The van der Waals surface area contributed by atoms with E-state index in [1.165, 1.54) is 12.5 Å². The smallest absolute Gasteiger partial charge is 0.116 e. The largest absolute Gasteiger partial charge is 0.306 e. The van der Waals surface area contributed by atoms with Gasteiger partial charge < -0.3 is 5.41 Å². The molecule has 0 amide bonds. The van der Waals surface area contributed by atoms with Crippen molar-refractivity contribution in [2.45, 2.75) is 33.6 Å². The predicted octanol–water partition coefficient (Wildman–Crippen LogP) is 3.27. The first-order valence-corrected chi connectivity index (χ1v) is 5.18. The molecule has 0 spiro atoms. The summed E-state index contributed by atoms with van der Waals surface area (Å²) in [7, 11) is 0. The Hall–Kier alpha value is -1.51. The van der Waals surface area contributed by atoms with E-state index in [0.29, 0.717) is 11.6 Å². The van der Waals surface area contributed by atoms with Gasteiger partial charge in [0.2, 0.25) is 0 Å². The number of nitrogens with zero attached hydrogens (tertiary/aromatic N) is 2. The van der Waals surface area contributed by atoms with E-state index >= 15 is 0 Å².